The molecule has 0 N–H and O–H groups in total. The van der Waals surface area contributed by atoms with Gasteiger partial charge < -0.3 is 14.0 Å². The van der Waals surface area contributed by atoms with Gasteiger partial charge in [0, 0.05) is 20.6 Å². The van der Waals surface area contributed by atoms with E-state index in [1.807, 2.05) is 0 Å². The largest absolute Gasteiger partial charge is 0.458 e. The summed E-state index contributed by atoms with van der Waals surface area (Å²) in [7, 11) is 3.48. The van der Waals surface area contributed by atoms with Gasteiger partial charge >= 0.3 is 5.97 Å². The predicted octanol–water partition coefficient (Wildman–Crippen LogP) is 1.53. The number of aryl methyl sites for hydroxylation is 1. The van der Waals surface area contributed by atoms with Crippen molar-refractivity contribution in [2.75, 3.05) is 7.11 Å². The van der Waals surface area contributed by atoms with E-state index in [0.29, 0.717) is 5.69 Å². The zero-order chi connectivity index (χ0) is 12.3. The van der Waals surface area contributed by atoms with Gasteiger partial charge in [0.05, 0.1) is 18.6 Å². The van der Waals surface area contributed by atoms with Crippen molar-refractivity contribution in [2.45, 2.75) is 37.9 Å². The Bertz CT molecular complexity index is 389. The summed E-state index contributed by atoms with van der Waals surface area (Å²) in [5.74, 6) is -0.299. The van der Waals surface area contributed by atoms with Gasteiger partial charge in [-0.05, 0) is 19.3 Å². The first kappa shape index (κ1) is 12.1. The van der Waals surface area contributed by atoms with Crippen LogP contribution in [-0.4, -0.2) is 34.8 Å². The number of esters is 1. The Morgan fingerprint density at radius 2 is 2.24 bits per heavy atom. The lowest BCUT2D eigenvalue weighted by molar-refractivity contribution is -0.0155. The van der Waals surface area contributed by atoms with E-state index in [9.17, 15) is 4.79 Å². The summed E-state index contributed by atoms with van der Waals surface area (Å²) in [5.41, 5.74) is 0.490. The van der Waals surface area contributed by atoms with Gasteiger partial charge in [-0.15, -0.1) is 0 Å². The number of carbonyl (C=O) groups is 1. The minimum Gasteiger partial charge on any atom is -0.458 e. The molecule has 0 saturated heterocycles. The maximum Gasteiger partial charge on any atom is 0.356 e. The SMILES string of the molecule is CO[C@@H]1CCC[C@H](OC(=O)c2cncn2C)C1. The molecule has 0 aliphatic heterocycles. The highest BCUT2D eigenvalue weighted by atomic mass is 16.5. The van der Waals surface area contributed by atoms with E-state index in [1.54, 1.807) is 25.1 Å². The van der Waals surface area contributed by atoms with Gasteiger partial charge in [0.25, 0.3) is 0 Å². The summed E-state index contributed by atoms with van der Waals surface area (Å²) in [6.07, 6.45) is 7.11. The zero-order valence-electron chi connectivity index (χ0n) is 10.3. The number of hydrogen-bond donors (Lipinski definition) is 0. The van der Waals surface area contributed by atoms with E-state index in [1.165, 1.54) is 6.20 Å². The van der Waals surface area contributed by atoms with Gasteiger partial charge in [-0.25, -0.2) is 9.78 Å². The van der Waals surface area contributed by atoms with E-state index < -0.39 is 0 Å². The molecule has 1 fully saturated rings. The lowest BCUT2D eigenvalue weighted by Crippen LogP contribution is -2.29. The monoisotopic (exact) mass is 238 g/mol. The fraction of sp³-hybridized carbons (Fsp3) is 0.667. The predicted molar refractivity (Wildman–Crippen MR) is 61.7 cm³/mol. The Kier molecular flexibility index (Phi) is 3.78. The lowest BCUT2D eigenvalue weighted by atomic mass is 9.95. The third kappa shape index (κ3) is 2.85. The van der Waals surface area contributed by atoms with Crippen molar-refractivity contribution >= 4 is 5.97 Å². The quantitative estimate of drug-likeness (QED) is 0.749. The van der Waals surface area contributed by atoms with Crippen molar-refractivity contribution in [3.63, 3.8) is 0 Å². The summed E-state index contributed by atoms with van der Waals surface area (Å²) < 4.78 is 12.4. The highest BCUT2D eigenvalue weighted by Crippen LogP contribution is 2.23. The molecule has 1 aliphatic carbocycles. The van der Waals surface area contributed by atoms with Crippen molar-refractivity contribution < 1.29 is 14.3 Å². The molecule has 5 nitrogen and oxygen atoms in total. The van der Waals surface area contributed by atoms with Crippen LogP contribution in [0, 0.1) is 0 Å². The second-order valence-corrected chi connectivity index (χ2v) is 4.44. The minimum atomic E-state index is -0.299. The van der Waals surface area contributed by atoms with E-state index in [4.69, 9.17) is 9.47 Å². The number of aromatic nitrogens is 2. The van der Waals surface area contributed by atoms with Gasteiger partial charge in [-0.2, -0.15) is 0 Å². The summed E-state index contributed by atoms with van der Waals surface area (Å²) in [6.45, 7) is 0. The van der Waals surface area contributed by atoms with Crippen molar-refractivity contribution in [3.05, 3.63) is 18.2 Å². The second kappa shape index (κ2) is 5.31. The molecule has 1 aromatic rings. The van der Waals surface area contributed by atoms with Crippen molar-refractivity contribution in [1.82, 2.24) is 9.55 Å². The normalized spacial score (nSPS) is 24.6. The van der Waals surface area contributed by atoms with Gasteiger partial charge in [-0.3, -0.25) is 0 Å². The number of imidazole rings is 1. The summed E-state index contributed by atoms with van der Waals surface area (Å²) in [4.78, 5) is 15.8. The number of methoxy groups -OCH3 is 1. The van der Waals surface area contributed by atoms with Crippen LogP contribution in [0.25, 0.3) is 0 Å². The van der Waals surface area contributed by atoms with Crippen LogP contribution in [0.3, 0.4) is 0 Å². The molecule has 0 unspecified atom stereocenters. The van der Waals surface area contributed by atoms with E-state index in [0.717, 1.165) is 25.7 Å². The molecule has 2 atom stereocenters. The van der Waals surface area contributed by atoms with E-state index >= 15 is 0 Å². The molecule has 1 saturated carbocycles. The van der Waals surface area contributed by atoms with Gasteiger partial charge in [0.2, 0.25) is 0 Å². The maximum atomic E-state index is 11.9. The molecular formula is C12H18N2O3. The first-order valence-corrected chi connectivity index (χ1v) is 5.90. The highest BCUT2D eigenvalue weighted by Gasteiger charge is 2.25. The maximum absolute atomic E-state index is 11.9. The van der Waals surface area contributed by atoms with E-state index in [-0.39, 0.29) is 18.2 Å². The molecule has 17 heavy (non-hydrogen) atoms. The first-order valence-electron chi connectivity index (χ1n) is 5.90. The van der Waals surface area contributed by atoms with E-state index in [2.05, 4.69) is 4.98 Å². The fourth-order valence-corrected chi connectivity index (χ4v) is 2.19. The van der Waals surface area contributed by atoms with Crippen LogP contribution in [0.15, 0.2) is 12.5 Å². The Morgan fingerprint density at radius 3 is 2.88 bits per heavy atom. The van der Waals surface area contributed by atoms with Crippen molar-refractivity contribution in [2.24, 2.45) is 7.05 Å². The van der Waals surface area contributed by atoms with Gasteiger partial charge in [-0.1, -0.05) is 0 Å². The molecule has 0 spiro atoms. The molecule has 0 amide bonds. The highest BCUT2D eigenvalue weighted by molar-refractivity contribution is 5.87. The van der Waals surface area contributed by atoms with Gasteiger partial charge in [0.15, 0.2) is 0 Å². The van der Waals surface area contributed by atoms with Crippen LogP contribution in [0.5, 0.6) is 0 Å². The fourth-order valence-electron chi connectivity index (χ4n) is 2.19. The third-order valence-electron chi connectivity index (χ3n) is 3.21. The van der Waals surface area contributed by atoms with Crippen LogP contribution in [0.2, 0.25) is 0 Å². The van der Waals surface area contributed by atoms with Gasteiger partial charge in [0.1, 0.15) is 11.8 Å². The van der Waals surface area contributed by atoms with Crippen LogP contribution in [-0.2, 0) is 16.5 Å². The Balaban J connectivity index is 1.93. The third-order valence-corrected chi connectivity index (χ3v) is 3.21. The van der Waals surface area contributed by atoms with Crippen molar-refractivity contribution in [1.29, 1.82) is 0 Å². The Hall–Kier alpha value is -1.36. The van der Waals surface area contributed by atoms with Crippen LogP contribution >= 0.6 is 0 Å². The molecule has 0 radical (unpaired) electrons. The zero-order valence-corrected chi connectivity index (χ0v) is 10.3. The topological polar surface area (TPSA) is 53.4 Å². The molecule has 1 aliphatic rings. The molecule has 94 valence electrons. The average molecular weight is 238 g/mol. The van der Waals surface area contributed by atoms with Crippen LogP contribution in [0.4, 0.5) is 0 Å². The standard InChI is InChI=1S/C12H18N2O3/c1-14-8-13-7-11(14)12(15)17-10-5-3-4-9(6-10)16-2/h7-10H,3-6H2,1-2H3/t9-,10+/m1/s1. The number of ether oxygens (including phenoxy) is 2. The second-order valence-electron chi connectivity index (χ2n) is 4.44. The number of carbonyl (C=O) groups excluding carboxylic acids is 1. The molecular weight excluding hydrogens is 220 g/mol. The molecule has 0 bridgehead atoms. The summed E-state index contributed by atoms with van der Waals surface area (Å²) >= 11 is 0. The first-order chi connectivity index (χ1) is 8.20. The molecule has 1 heterocycles. The molecule has 2 rings (SSSR count). The lowest BCUT2D eigenvalue weighted by Gasteiger charge is -2.27. The Morgan fingerprint density at radius 1 is 1.47 bits per heavy atom. The number of hydrogen-bond acceptors (Lipinski definition) is 4. The van der Waals surface area contributed by atoms with Crippen molar-refractivity contribution in [3.8, 4) is 0 Å². The summed E-state index contributed by atoms with van der Waals surface area (Å²) in [6, 6.07) is 0. The smallest absolute Gasteiger partial charge is 0.356 e. The minimum absolute atomic E-state index is 0.0314. The van der Waals surface area contributed by atoms with Crippen LogP contribution < -0.4 is 0 Å². The number of nitrogens with zero attached hydrogens (tertiary/aromatic N) is 2. The molecule has 5 heteroatoms. The average Bonchev–Trinajstić information content (AvgIpc) is 2.76. The van der Waals surface area contributed by atoms with Crippen LogP contribution in [0.1, 0.15) is 36.2 Å². The Labute approximate surface area is 101 Å². The molecule has 1 aromatic heterocycles. The number of rotatable bonds is 3. The summed E-state index contributed by atoms with van der Waals surface area (Å²) in [5, 5.41) is 0. The molecule has 0 aromatic carbocycles.